The van der Waals surface area contributed by atoms with Crippen LogP contribution in [-0.2, 0) is 4.79 Å². The highest BCUT2D eigenvalue weighted by atomic mass is 16.5. The van der Waals surface area contributed by atoms with E-state index >= 15 is 0 Å². The van der Waals surface area contributed by atoms with Crippen LogP contribution in [0.5, 0.6) is 17.2 Å². The van der Waals surface area contributed by atoms with Gasteiger partial charge in [-0.3, -0.25) is 9.78 Å². The molecule has 25 heavy (non-hydrogen) atoms. The number of nitrogens with zero attached hydrogens (tertiary/aromatic N) is 1. The molecule has 0 aliphatic rings. The van der Waals surface area contributed by atoms with Crippen molar-refractivity contribution in [3.05, 3.63) is 53.9 Å². The molecule has 0 saturated carbocycles. The number of carboxylic acid groups (broad SMARTS) is 1. The average Bonchev–Trinajstić information content (AvgIpc) is 2.64. The van der Waals surface area contributed by atoms with Gasteiger partial charge in [-0.25, -0.2) is 4.79 Å². The van der Waals surface area contributed by atoms with Gasteiger partial charge in [-0.2, -0.15) is 0 Å². The molecule has 0 unspecified atom stereocenters. The van der Waals surface area contributed by atoms with E-state index in [9.17, 15) is 9.59 Å². The number of aromatic nitrogens is 1. The Kier molecular flexibility index (Phi) is 6.11. The Morgan fingerprint density at radius 3 is 2.56 bits per heavy atom. The summed E-state index contributed by atoms with van der Waals surface area (Å²) in [5.74, 6) is -0.0257. The number of hydrogen-bond donors (Lipinski definition) is 1. The first-order valence-corrected chi connectivity index (χ1v) is 7.27. The number of methoxy groups -OCH3 is 2. The van der Waals surface area contributed by atoms with Gasteiger partial charge >= 0.3 is 5.97 Å². The average molecular weight is 343 g/mol. The van der Waals surface area contributed by atoms with Crippen LogP contribution in [0.15, 0.2) is 42.7 Å². The number of pyridine rings is 1. The van der Waals surface area contributed by atoms with Gasteiger partial charge < -0.3 is 19.3 Å². The Bertz CT molecular complexity index is 800. The lowest BCUT2D eigenvalue weighted by molar-refractivity contribution is -0.139. The minimum atomic E-state index is -1.11. The molecule has 0 spiro atoms. The topological polar surface area (TPSA) is 95.0 Å². The maximum Gasteiger partial charge on any atom is 0.341 e. The van der Waals surface area contributed by atoms with Crippen LogP contribution in [0.2, 0.25) is 0 Å². The van der Waals surface area contributed by atoms with E-state index in [0.29, 0.717) is 17.1 Å². The molecule has 0 atom stereocenters. The van der Waals surface area contributed by atoms with Crippen LogP contribution >= 0.6 is 0 Å². The predicted molar refractivity (Wildman–Crippen MR) is 90.3 cm³/mol. The van der Waals surface area contributed by atoms with Crippen molar-refractivity contribution in [2.75, 3.05) is 20.8 Å². The molecule has 0 fully saturated rings. The standard InChI is InChI=1S/C18H17NO6/c1-23-16-6-4-12(7-17(16)24-2)3-5-15(20)13-8-14(10-19-9-13)25-11-18(21)22/h3-10H,11H2,1-2H3,(H,21,22). The van der Waals surface area contributed by atoms with Crippen molar-refractivity contribution in [2.24, 2.45) is 0 Å². The number of carbonyl (C=O) groups is 2. The Balaban J connectivity index is 2.12. The zero-order valence-electron chi connectivity index (χ0n) is 13.8. The summed E-state index contributed by atoms with van der Waals surface area (Å²) >= 11 is 0. The molecule has 130 valence electrons. The van der Waals surface area contributed by atoms with Gasteiger partial charge in [0.1, 0.15) is 5.75 Å². The zero-order chi connectivity index (χ0) is 18.2. The fourth-order valence-electron chi connectivity index (χ4n) is 2.00. The molecule has 2 aromatic rings. The number of rotatable bonds is 8. The van der Waals surface area contributed by atoms with Crippen molar-refractivity contribution in [3.63, 3.8) is 0 Å². The molecule has 0 amide bonds. The highest BCUT2D eigenvalue weighted by Crippen LogP contribution is 2.28. The van der Waals surface area contributed by atoms with Gasteiger partial charge in [0.2, 0.25) is 0 Å². The summed E-state index contributed by atoms with van der Waals surface area (Å²) in [6.45, 7) is -0.499. The number of ether oxygens (including phenoxy) is 3. The lowest BCUT2D eigenvalue weighted by atomic mass is 10.1. The first kappa shape index (κ1) is 18.0. The number of ketones is 1. The van der Waals surface area contributed by atoms with E-state index in [1.807, 2.05) is 0 Å². The van der Waals surface area contributed by atoms with Crippen LogP contribution < -0.4 is 14.2 Å². The van der Waals surface area contributed by atoms with Crippen LogP contribution in [0.3, 0.4) is 0 Å². The molecule has 1 heterocycles. The van der Waals surface area contributed by atoms with Gasteiger partial charge in [-0.05, 0) is 29.8 Å². The molecular formula is C18H17NO6. The number of allylic oxidation sites excluding steroid dienone is 1. The number of benzene rings is 1. The fraction of sp³-hybridized carbons (Fsp3) is 0.167. The molecule has 0 bridgehead atoms. The third kappa shape index (κ3) is 5.07. The molecule has 7 nitrogen and oxygen atoms in total. The molecule has 1 aromatic heterocycles. The lowest BCUT2D eigenvalue weighted by Gasteiger charge is -2.07. The Labute approximate surface area is 144 Å². The quantitative estimate of drug-likeness (QED) is 0.581. The molecule has 0 radical (unpaired) electrons. The molecule has 7 heteroatoms. The maximum atomic E-state index is 12.2. The molecule has 2 rings (SSSR count). The summed E-state index contributed by atoms with van der Waals surface area (Å²) in [5.41, 5.74) is 1.05. The first-order valence-electron chi connectivity index (χ1n) is 7.27. The van der Waals surface area contributed by atoms with Crippen LogP contribution in [0.25, 0.3) is 6.08 Å². The maximum absolute atomic E-state index is 12.2. The highest BCUT2D eigenvalue weighted by Gasteiger charge is 2.07. The lowest BCUT2D eigenvalue weighted by Crippen LogP contribution is -2.10. The minimum Gasteiger partial charge on any atom is -0.493 e. The summed E-state index contributed by atoms with van der Waals surface area (Å²) in [6.07, 6.45) is 5.75. The molecule has 0 aliphatic carbocycles. The summed E-state index contributed by atoms with van der Waals surface area (Å²) < 4.78 is 15.4. The van der Waals surface area contributed by atoms with Crippen molar-refractivity contribution in [3.8, 4) is 17.2 Å². The number of hydrogen-bond acceptors (Lipinski definition) is 6. The van der Waals surface area contributed by atoms with Crippen LogP contribution in [-0.4, -0.2) is 42.7 Å². The second-order valence-electron chi connectivity index (χ2n) is 4.90. The smallest absolute Gasteiger partial charge is 0.341 e. The third-order valence-corrected chi connectivity index (χ3v) is 3.19. The SMILES string of the molecule is COc1ccc(C=CC(=O)c2cncc(OCC(=O)O)c2)cc1OC. The van der Waals surface area contributed by atoms with E-state index in [4.69, 9.17) is 19.3 Å². The monoisotopic (exact) mass is 343 g/mol. The van der Waals surface area contributed by atoms with Gasteiger partial charge in [0, 0.05) is 11.8 Å². The van der Waals surface area contributed by atoms with Gasteiger partial charge in [0.25, 0.3) is 0 Å². The Morgan fingerprint density at radius 2 is 1.88 bits per heavy atom. The molecular weight excluding hydrogens is 326 g/mol. The highest BCUT2D eigenvalue weighted by molar-refractivity contribution is 6.06. The Morgan fingerprint density at radius 1 is 1.12 bits per heavy atom. The van der Waals surface area contributed by atoms with E-state index in [1.165, 1.54) is 31.6 Å². The summed E-state index contributed by atoms with van der Waals surface area (Å²) in [4.78, 5) is 26.6. The van der Waals surface area contributed by atoms with Gasteiger partial charge in [-0.15, -0.1) is 0 Å². The van der Waals surface area contributed by atoms with Crippen LogP contribution in [0.1, 0.15) is 15.9 Å². The largest absolute Gasteiger partial charge is 0.493 e. The molecule has 0 saturated heterocycles. The second kappa shape index (κ2) is 8.49. The number of carbonyl (C=O) groups excluding carboxylic acids is 1. The fourth-order valence-corrected chi connectivity index (χ4v) is 2.00. The van der Waals surface area contributed by atoms with Crippen molar-refractivity contribution in [1.82, 2.24) is 4.98 Å². The normalized spacial score (nSPS) is 10.5. The number of carboxylic acids is 1. The van der Waals surface area contributed by atoms with Crippen molar-refractivity contribution >= 4 is 17.8 Å². The van der Waals surface area contributed by atoms with E-state index in [2.05, 4.69) is 4.98 Å². The molecule has 0 aliphatic heterocycles. The second-order valence-corrected chi connectivity index (χ2v) is 4.90. The van der Waals surface area contributed by atoms with E-state index < -0.39 is 12.6 Å². The third-order valence-electron chi connectivity index (χ3n) is 3.19. The minimum absolute atomic E-state index is 0.216. The van der Waals surface area contributed by atoms with Crippen LogP contribution in [0.4, 0.5) is 0 Å². The van der Waals surface area contributed by atoms with E-state index in [0.717, 1.165) is 5.56 Å². The summed E-state index contributed by atoms with van der Waals surface area (Å²) in [5, 5.41) is 8.60. The Hall–Kier alpha value is -3.35. The molecule has 1 N–H and O–H groups in total. The van der Waals surface area contributed by atoms with Crippen molar-refractivity contribution < 1.29 is 28.9 Å². The van der Waals surface area contributed by atoms with Gasteiger partial charge in [0.05, 0.1) is 20.4 Å². The van der Waals surface area contributed by atoms with Gasteiger partial charge in [0.15, 0.2) is 23.9 Å². The van der Waals surface area contributed by atoms with Crippen molar-refractivity contribution in [1.29, 1.82) is 0 Å². The summed E-state index contributed by atoms with van der Waals surface area (Å²) in [7, 11) is 3.08. The number of aliphatic carboxylic acids is 1. The molecule has 1 aromatic carbocycles. The summed E-state index contributed by atoms with van der Waals surface area (Å²) in [6, 6.07) is 6.71. The predicted octanol–water partition coefficient (Wildman–Crippen LogP) is 2.46. The zero-order valence-corrected chi connectivity index (χ0v) is 13.8. The van der Waals surface area contributed by atoms with Gasteiger partial charge in [-0.1, -0.05) is 12.1 Å². The first-order chi connectivity index (χ1) is 12.0. The van der Waals surface area contributed by atoms with E-state index in [1.54, 1.807) is 31.4 Å². The van der Waals surface area contributed by atoms with E-state index in [-0.39, 0.29) is 11.5 Å². The van der Waals surface area contributed by atoms with Crippen molar-refractivity contribution in [2.45, 2.75) is 0 Å². The van der Waals surface area contributed by atoms with Crippen LogP contribution in [0, 0.1) is 0 Å².